The van der Waals surface area contributed by atoms with Crippen LogP contribution in [0.15, 0.2) is 12.1 Å². The van der Waals surface area contributed by atoms with Gasteiger partial charge in [0.05, 0.1) is 14.2 Å². The molecule has 1 heterocycles. The zero-order valence-electron chi connectivity index (χ0n) is 12.1. The molecule has 3 rings (SSSR count). The fourth-order valence-electron chi connectivity index (χ4n) is 3.75. The van der Waals surface area contributed by atoms with Gasteiger partial charge in [-0.2, -0.15) is 0 Å². The van der Waals surface area contributed by atoms with E-state index in [1.54, 1.807) is 14.2 Å². The Morgan fingerprint density at radius 1 is 1.25 bits per heavy atom. The van der Waals surface area contributed by atoms with Crippen LogP contribution in [0.25, 0.3) is 0 Å². The Morgan fingerprint density at radius 3 is 2.80 bits per heavy atom. The predicted octanol–water partition coefficient (Wildman–Crippen LogP) is 2.04. The molecule has 1 aliphatic heterocycles. The Morgan fingerprint density at radius 2 is 2.10 bits per heavy atom. The summed E-state index contributed by atoms with van der Waals surface area (Å²) in [5.74, 6) is 2.21. The number of carbonyl (C=O) groups excluding carboxylic acids is 1. The molecule has 4 heteroatoms. The number of amides is 1. The van der Waals surface area contributed by atoms with Crippen LogP contribution in [-0.4, -0.2) is 38.1 Å². The van der Waals surface area contributed by atoms with E-state index in [1.165, 1.54) is 17.5 Å². The maximum atomic E-state index is 11.2. The largest absolute Gasteiger partial charge is 0.493 e. The van der Waals surface area contributed by atoms with Crippen molar-refractivity contribution < 1.29 is 14.3 Å². The second-order valence-electron chi connectivity index (χ2n) is 5.66. The number of likely N-dealkylation sites (tertiary alicyclic amines) is 1. The van der Waals surface area contributed by atoms with Crippen molar-refractivity contribution in [1.29, 1.82) is 0 Å². The molecule has 1 amide bonds. The molecule has 2 unspecified atom stereocenters. The molecule has 1 aromatic carbocycles. The first kappa shape index (κ1) is 13.3. The van der Waals surface area contributed by atoms with Gasteiger partial charge in [-0.25, -0.2) is 0 Å². The van der Waals surface area contributed by atoms with Gasteiger partial charge in [-0.3, -0.25) is 4.79 Å². The summed E-state index contributed by atoms with van der Waals surface area (Å²) in [5, 5.41) is 0. The van der Waals surface area contributed by atoms with Gasteiger partial charge >= 0.3 is 0 Å². The summed E-state index contributed by atoms with van der Waals surface area (Å²) in [6.45, 7) is 0.896. The van der Waals surface area contributed by atoms with Gasteiger partial charge in [-0.15, -0.1) is 0 Å². The average molecular weight is 275 g/mol. The minimum absolute atomic E-state index is 0.354. The molecule has 1 aliphatic carbocycles. The Hall–Kier alpha value is -1.71. The van der Waals surface area contributed by atoms with Gasteiger partial charge in [0, 0.05) is 18.2 Å². The van der Waals surface area contributed by atoms with Crippen molar-refractivity contribution in [3.05, 3.63) is 23.3 Å². The van der Waals surface area contributed by atoms with Crippen molar-refractivity contribution >= 4 is 6.41 Å². The highest BCUT2D eigenvalue weighted by molar-refractivity contribution is 5.54. The number of hydrogen-bond acceptors (Lipinski definition) is 3. The lowest BCUT2D eigenvalue weighted by atomic mass is 9.75. The van der Waals surface area contributed by atoms with Crippen molar-refractivity contribution in [2.24, 2.45) is 5.92 Å². The number of nitrogens with zero attached hydrogens (tertiary/aromatic N) is 1. The molecule has 0 N–H and O–H groups in total. The molecule has 0 radical (unpaired) electrons. The van der Waals surface area contributed by atoms with Gasteiger partial charge < -0.3 is 14.4 Å². The lowest BCUT2D eigenvalue weighted by molar-refractivity contribution is -0.123. The molecule has 2 aliphatic rings. The zero-order chi connectivity index (χ0) is 14.1. The van der Waals surface area contributed by atoms with Crippen LogP contribution >= 0.6 is 0 Å². The van der Waals surface area contributed by atoms with Gasteiger partial charge in [0.15, 0.2) is 11.5 Å². The highest BCUT2D eigenvalue weighted by atomic mass is 16.5. The normalized spacial score (nSPS) is 24.6. The summed E-state index contributed by atoms with van der Waals surface area (Å²) in [4.78, 5) is 13.2. The second-order valence-corrected chi connectivity index (χ2v) is 5.66. The van der Waals surface area contributed by atoms with E-state index >= 15 is 0 Å². The van der Waals surface area contributed by atoms with Crippen molar-refractivity contribution in [2.45, 2.75) is 31.7 Å². The summed E-state index contributed by atoms with van der Waals surface area (Å²) in [6.07, 6.45) is 5.21. The topological polar surface area (TPSA) is 38.8 Å². The standard InChI is InChI=1S/C16H21NO3/c1-19-15-6-5-11-9-14-12(4-3-7-17(14)10-18)8-13(11)16(15)20-2/h5-6,10,12,14H,3-4,7-9H2,1-2H3. The molecule has 0 bridgehead atoms. The molecule has 0 saturated carbocycles. The van der Waals surface area contributed by atoms with Crippen LogP contribution in [-0.2, 0) is 17.6 Å². The molecule has 0 aromatic heterocycles. The van der Waals surface area contributed by atoms with E-state index in [-0.39, 0.29) is 0 Å². The first-order chi connectivity index (χ1) is 9.78. The number of hydrogen-bond donors (Lipinski definition) is 0. The van der Waals surface area contributed by atoms with E-state index in [0.29, 0.717) is 12.0 Å². The summed E-state index contributed by atoms with van der Waals surface area (Å²) in [6, 6.07) is 4.43. The SMILES string of the molecule is COc1ccc2c(c1OC)CC1CCCN(C=O)C1C2. The van der Waals surface area contributed by atoms with Gasteiger partial charge in [0.1, 0.15) is 0 Å². The lowest BCUT2D eigenvalue weighted by Gasteiger charge is -2.43. The van der Waals surface area contributed by atoms with E-state index in [2.05, 4.69) is 6.07 Å². The summed E-state index contributed by atoms with van der Waals surface area (Å²) in [5.41, 5.74) is 2.55. The van der Waals surface area contributed by atoms with Crippen LogP contribution in [0, 0.1) is 5.92 Å². The van der Waals surface area contributed by atoms with Crippen molar-refractivity contribution in [3.8, 4) is 11.5 Å². The molecule has 2 atom stereocenters. The first-order valence-corrected chi connectivity index (χ1v) is 7.22. The minimum atomic E-state index is 0.354. The molecule has 1 aromatic rings. The Kier molecular flexibility index (Phi) is 3.55. The van der Waals surface area contributed by atoms with Crippen LogP contribution in [0.4, 0.5) is 0 Å². The van der Waals surface area contributed by atoms with Crippen LogP contribution in [0.2, 0.25) is 0 Å². The highest BCUT2D eigenvalue weighted by Gasteiger charge is 2.36. The third kappa shape index (κ3) is 2.03. The quantitative estimate of drug-likeness (QED) is 0.792. The maximum Gasteiger partial charge on any atom is 0.209 e. The predicted molar refractivity (Wildman–Crippen MR) is 76.2 cm³/mol. The Balaban J connectivity index is 1.99. The molecule has 108 valence electrons. The summed E-state index contributed by atoms with van der Waals surface area (Å²) in [7, 11) is 3.37. The number of fused-ring (bicyclic) bond motifs is 2. The minimum Gasteiger partial charge on any atom is -0.493 e. The van der Waals surface area contributed by atoms with E-state index in [0.717, 1.165) is 43.7 Å². The van der Waals surface area contributed by atoms with Gasteiger partial charge in [-0.05, 0) is 43.2 Å². The van der Waals surface area contributed by atoms with E-state index in [4.69, 9.17) is 9.47 Å². The van der Waals surface area contributed by atoms with Gasteiger partial charge in [-0.1, -0.05) is 6.07 Å². The maximum absolute atomic E-state index is 11.2. The number of methoxy groups -OCH3 is 2. The average Bonchev–Trinajstić information content (AvgIpc) is 2.51. The van der Waals surface area contributed by atoms with Crippen molar-refractivity contribution in [3.63, 3.8) is 0 Å². The van der Waals surface area contributed by atoms with Gasteiger partial charge in [0.25, 0.3) is 0 Å². The number of carbonyl (C=O) groups is 1. The number of ether oxygens (including phenoxy) is 2. The van der Waals surface area contributed by atoms with Crippen LogP contribution < -0.4 is 9.47 Å². The Labute approximate surface area is 119 Å². The summed E-state index contributed by atoms with van der Waals surface area (Å²) >= 11 is 0. The van der Waals surface area contributed by atoms with Gasteiger partial charge in [0.2, 0.25) is 6.41 Å². The number of piperidine rings is 1. The highest BCUT2D eigenvalue weighted by Crippen LogP contribution is 2.42. The monoisotopic (exact) mass is 275 g/mol. The third-order valence-corrected chi connectivity index (χ3v) is 4.74. The Bertz CT molecular complexity index is 515. The van der Waals surface area contributed by atoms with Crippen LogP contribution in [0.3, 0.4) is 0 Å². The molecule has 0 spiro atoms. The van der Waals surface area contributed by atoms with Crippen LogP contribution in [0.1, 0.15) is 24.0 Å². The van der Waals surface area contributed by atoms with E-state index < -0.39 is 0 Å². The molecule has 20 heavy (non-hydrogen) atoms. The number of rotatable bonds is 3. The molecule has 4 nitrogen and oxygen atoms in total. The fourth-order valence-corrected chi connectivity index (χ4v) is 3.75. The third-order valence-electron chi connectivity index (χ3n) is 4.74. The fraction of sp³-hybridized carbons (Fsp3) is 0.562. The van der Waals surface area contributed by atoms with Crippen molar-refractivity contribution in [2.75, 3.05) is 20.8 Å². The lowest BCUT2D eigenvalue weighted by Crippen LogP contribution is -2.48. The van der Waals surface area contributed by atoms with E-state index in [9.17, 15) is 4.79 Å². The zero-order valence-corrected chi connectivity index (χ0v) is 12.1. The molecular weight excluding hydrogens is 254 g/mol. The number of benzene rings is 1. The summed E-state index contributed by atoms with van der Waals surface area (Å²) < 4.78 is 10.9. The smallest absolute Gasteiger partial charge is 0.209 e. The van der Waals surface area contributed by atoms with Crippen molar-refractivity contribution in [1.82, 2.24) is 4.90 Å². The first-order valence-electron chi connectivity index (χ1n) is 7.22. The van der Waals surface area contributed by atoms with Crippen LogP contribution in [0.5, 0.6) is 11.5 Å². The second kappa shape index (κ2) is 5.35. The molecule has 1 fully saturated rings. The molecular formula is C16H21NO3. The van der Waals surface area contributed by atoms with E-state index in [1.807, 2.05) is 11.0 Å². The molecule has 1 saturated heterocycles.